The molecule has 16 heavy (non-hydrogen) atoms. The molecule has 94 valence electrons. The molecule has 0 atom stereocenters. The molecule has 0 saturated carbocycles. The minimum Gasteiger partial charge on any atom is -0.452 e. The molecule has 0 unspecified atom stereocenters. The van der Waals surface area contributed by atoms with Gasteiger partial charge in [-0.15, -0.1) is 6.58 Å². The maximum Gasteiger partial charge on any atom is 0.421 e. The van der Waals surface area contributed by atoms with E-state index < -0.39 is 16.3 Å². The predicted molar refractivity (Wildman–Crippen MR) is 61.1 cm³/mol. The summed E-state index contributed by atoms with van der Waals surface area (Å²) < 4.78 is 30.7. The van der Waals surface area contributed by atoms with Gasteiger partial charge >= 0.3 is 16.3 Å². The summed E-state index contributed by atoms with van der Waals surface area (Å²) in [6.45, 7) is 7.55. The van der Waals surface area contributed by atoms with Crippen LogP contribution in [0.1, 0.15) is 20.3 Å². The molecule has 0 aliphatic heterocycles. The topological polar surface area (TPSA) is 84.5 Å². The predicted octanol–water partition coefficient (Wildman–Crippen LogP) is 0.779. The molecule has 0 saturated heterocycles. The smallest absolute Gasteiger partial charge is 0.421 e. The number of ether oxygens (including phenoxy) is 1. The highest BCUT2D eigenvalue weighted by molar-refractivity contribution is 7.88. The van der Waals surface area contributed by atoms with Crippen molar-refractivity contribution in [3.05, 3.63) is 12.7 Å². The monoisotopic (exact) mass is 250 g/mol. The van der Waals surface area contributed by atoms with Gasteiger partial charge in [-0.2, -0.15) is 13.1 Å². The van der Waals surface area contributed by atoms with Gasteiger partial charge in [-0.1, -0.05) is 19.9 Å². The Balaban J connectivity index is 4.29. The lowest BCUT2D eigenvalue weighted by atomic mass is 9.90. The molecule has 7 heteroatoms. The number of rotatable bonds is 6. The zero-order chi connectivity index (χ0) is 12.8. The van der Waals surface area contributed by atoms with Crippen molar-refractivity contribution in [2.45, 2.75) is 20.3 Å². The van der Waals surface area contributed by atoms with Gasteiger partial charge in [0.05, 0.1) is 7.11 Å². The Kier molecular flexibility index (Phi) is 5.46. The normalized spacial score (nSPS) is 11.9. The lowest BCUT2D eigenvalue weighted by molar-refractivity contribution is 0.177. The van der Waals surface area contributed by atoms with Crippen LogP contribution >= 0.6 is 0 Å². The van der Waals surface area contributed by atoms with Crippen LogP contribution in [-0.4, -0.2) is 28.2 Å². The van der Waals surface area contributed by atoms with E-state index in [0.29, 0.717) is 6.42 Å². The maximum atomic E-state index is 11.3. The van der Waals surface area contributed by atoms with Gasteiger partial charge in [-0.3, -0.25) is 0 Å². The van der Waals surface area contributed by atoms with E-state index >= 15 is 0 Å². The molecule has 0 aliphatic carbocycles. The molecule has 0 radical (unpaired) electrons. The molecule has 0 rings (SSSR count). The Morgan fingerprint density at radius 3 is 2.50 bits per heavy atom. The lowest BCUT2D eigenvalue weighted by Crippen LogP contribution is -2.43. The molecule has 0 fully saturated rings. The van der Waals surface area contributed by atoms with E-state index in [4.69, 9.17) is 0 Å². The van der Waals surface area contributed by atoms with E-state index in [0.717, 1.165) is 7.11 Å². The Morgan fingerprint density at radius 2 is 2.06 bits per heavy atom. The van der Waals surface area contributed by atoms with Crippen molar-refractivity contribution in [1.29, 1.82) is 0 Å². The fourth-order valence-electron chi connectivity index (χ4n) is 0.941. The van der Waals surface area contributed by atoms with Crippen LogP contribution in [0, 0.1) is 5.41 Å². The van der Waals surface area contributed by atoms with Crippen molar-refractivity contribution in [3.63, 3.8) is 0 Å². The molecule has 0 aromatic rings. The molecular weight excluding hydrogens is 232 g/mol. The van der Waals surface area contributed by atoms with Crippen molar-refractivity contribution < 1.29 is 17.9 Å². The van der Waals surface area contributed by atoms with Crippen LogP contribution in [0.2, 0.25) is 0 Å². The average Bonchev–Trinajstić information content (AvgIpc) is 2.14. The first-order valence-corrected chi connectivity index (χ1v) is 6.17. The summed E-state index contributed by atoms with van der Waals surface area (Å²) >= 11 is 0. The second-order valence-corrected chi connectivity index (χ2v) is 5.57. The van der Waals surface area contributed by atoms with Crippen molar-refractivity contribution in [1.82, 2.24) is 9.44 Å². The van der Waals surface area contributed by atoms with E-state index in [2.05, 4.69) is 16.0 Å². The van der Waals surface area contributed by atoms with Crippen LogP contribution in [0.25, 0.3) is 0 Å². The highest BCUT2D eigenvalue weighted by Crippen LogP contribution is 2.19. The Hall–Kier alpha value is -1.08. The average molecular weight is 250 g/mol. The summed E-state index contributed by atoms with van der Waals surface area (Å²) in [5.74, 6) is 0. The number of carbonyl (C=O) groups is 1. The fourth-order valence-corrected chi connectivity index (χ4v) is 1.90. The van der Waals surface area contributed by atoms with Gasteiger partial charge in [-0.25, -0.2) is 9.52 Å². The summed E-state index contributed by atoms with van der Waals surface area (Å²) in [6, 6.07) is 0. The molecule has 0 aliphatic rings. The fraction of sp³-hybridized carbons (Fsp3) is 0.667. The standard InChI is InChI=1S/C9H18N2O4S/c1-5-6-9(2,3)7-10-16(13,14)11-8(12)15-4/h5,10H,1,6-7H2,2-4H3,(H,11,12). The first-order chi connectivity index (χ1) is 7.22. The van der Waals surface area contributed by atoms with Crippen LogP contribution in [0.5, 0.6) is 0 Å². The third-order valence-corrected chi connectivity index (χ3v) is 2.80. The van der Waals surface area contributed by atoms with E-state index in [1.807, 2.05) is 13.8 Å². The van der Waals surface area contributed by atoms with E-state index in [1.165, 1.54) is 0 Å². The Bertz CT molecular complexity index is 349. The maximum absolute atomic E-state index is 11.3. The third-order valence-electron chi connectivity index (χ3n) is 1.84. The molecule has 0 heterocycles. The highest BCUT2D eigenvalue weighted by Gasteiger charge is 2.21. The second-order valence-electron chi connectivity index (χ2n) is 4.08. The highest BCUT2D eigenvalue weighted by atomic mass is 32.2. The molecule has 0 aromatic heterocycles. The van der Waals surface area contributed by atoms with Crippen molar-refractivity contribution in [3.8, 4) is 0 Å². The molecular formula is C9H18N2O4S. The molecule has 1 amide bonds. The van der Waals surface area contributed by atoms with Gasteiger partial charge in [0.2, 0.25) is 0 Å². The summed E-state index contributed by atoms with van der Waals surface area (Å²) in [5, 5.41) is 0. The quantitative estimate of drug-likeness (QED) is 0.682. The Labute approximate surface area is 96.2 Å². The Morgan fingerprint density at radius 1 is 1.50 bits per heavy atom. The van der Waals surface area contributed by atoms with Gasteiger partial charge in [0.25, 0.3) is 0 Å². The summed E-state index contributed by atoms with van der Waals surface area (Å²) in [5.41, 5.74) is -0.257. The number of nitrogens with one attached hydrogen (secondary N) is 2. The zero-order valence-corrected chi connectivity index (χ0v) is 10.6. The number of methoxy groups -OCH3 is 1. The van der Waals surface area contributed by atoms with Crippen LogP contribution in [-0.2, 0) is 14.9 Å². The van der Waals surface area contributed by atoms with Gasteiger partial charge in [0, 0.05) is 6.54 Å². The second kappa shape index (κ2) is 5.86. The number of hydrogen-bond donors (Lipinski definition) is 2. The summed E-state index contributed by atoms with van der Waals surface area (Å²) in [6.07, 6.45) is 1.35. The van der Waals surface area contributed by atoms with Crippen LogP contribution < -0.4 is 9.44 Å². The van der Waals surface area contributed by atoms with Gasteiger partial charge < -0.3 is 4.74 Å². The van der Waals surface area contributed by atoms with Crippen molar-refractivity contribution in [2.24, 2.45) is 5.41 Å². The third kappa shape index (κ3) is 6.41. The first kappa shape index (κ1) is 14.9. The number of allylic oxidation sites excluding steroid dienone is 1. The minimum atomic E-state index is -3.85. The number of amides is 1. The van der Waals surface area contributed by atoms with Crippen LogP contribution in [0.15, 0.2) is 12.7 Å². The lowest BCUT2D eigenvalue weighted by Gasteiger charge is -2.22. The van der Waals surface area contributed by atoms with E-state index in [9.17, 15) is 13.2 Å². The SMILES string of the molecule is C=CCC(C)(C)CNS(=O)(=O)NC(=O)OC. The molecule has 0 aromatic carbocycles. The van der Waals surface area contributed by atoms with Crippen LogP contribution in [0.4, 0.5) is 4.79 Å². The molecule has 0 bridgehead atoms. The summed E-state index contributed by atoms with van der Waals surface area (Å²) in [4.78, 5) is 10.7. The van der Waals surface area contributed by atoms with E-state index in [-0.39, 0.29) is 12.0 Å². The summed E-state index contributed by atoms with van der Waals surface area (Å²) in [7, 11) is -2.76. The molecule has 2 N–H and O–H groups in total. The zero-order valence-electron chi connectivity index (χ0n) is 9.74. The van der Waals surface area contributed by atoms with Crippen LogP contribution in [0.3, 0.4) is 0 Å². The van der Waals surface area contributed by atoms with Gasteiger partial charge in [0.15, 0.2) is 0 Å². The van der Waals surface area contributed by atoms with Crippen molar-refractivity contribution in [2.75, 3.05) is 13.7 Å². The van der Waals surface area contributed by atoms with E-state index in [1.54, 1.807) is 10.8 Å². The first-order valence-electron chi connectivity index (χ1n) is 4.69. The van der Waals surface area contributed by atoms with Gasteiger partial charge in [-0.05, 0) is 11.8 Å². The molecule has 6 nitrogen and oxygen atoms in total. The van der Waals surface area contributed by atoms with Crippen molar-refractivity contribution >= 4 is 16.3 Å². The number of hydrogen-bond acceptors (Lipinski definition) is 4. The largest absolute Gasteiger partial charge is 0.452 e. The van der Waals surface area contributed by atoms with Gasteiger partial charge in [0.1, 0.15) is 0 Å². The molecule has 0 spiro atoms. The number of carbonyl (C=O) groups excluding carboxylic acids is 1. The minimum absolute atomic E-state index is 0.200.